The molecule has 0 spiro atoms. The van der Waals surface area contributed by atoms with Gasteiger partial charge in [0.25, 0.3) is 0 Å². The van der Waals surface area contributed by atoms with E-state index < -0.39 is 10.0 Å². The monoisotopic (exact) mass is 394 g/mol. The summed E-state index contributed by atoms with van der Waals surface area (Å²) in [6.07, 6.45) is 4.58. The SMILES string of the molecule is COc1cc(NS(C)(=O)=O)ccc1Nc1c2ccccc2nc2ccncc12. The molecule has 8 heteroatoms. The molecule has 0 unspecified atom stereocenters. The summed E-state index contributed by atoms with van der Waals surface area (Å²) in [4.78, 5) is 8.92. The number of hydrogen-bond acceptors (Lipinski definition) is 6. The van der Waals surface area contributed by atoms with Gasteiger partial charge in [-0.2, -0.15) is 0 Å². The van der Waals surface area contributed by atoms with Crippen LogP contribution in [0.15, 0.2) is 60.9 Å². The smallest absolute Gasteiger partial charge is 0.229 e. The molecule has 28 heavy (non-hydrogen) atoms. The number of aromatic nitrogens is 2. The first-order chi connectivity index (χ1) is 13.4. The maximum atomic E-state index is 11.5. The van der Waals surface area contributed by atoms with Crippen molar-refractivity contribution in [2.45, 2.75) is 0 Å². The van der Waals surface area contributed by atoms with Crippen LogP contribution in [0.5, 0.6) is 5.75 Å². The Labute approximate surface area is 162 Å². The summed E-state index contributed by atoms with van der Waals surface area (Å²) < 4.78 is 30.9. The third kappa shape index (κ3) is 3.54. The van der Waals surface area contributed by atoms with Crippen molar-refractivity contribution < 1.29 is 13.2 Å². The Morgan fingerprint density at radius 3 is 2.57 bits per heavy atom. The number of fused-ring (bicyclic) bond motifs is 2. The molecular formula is C20H18N4O3S. The van der Waals surface area contributed by atoms with Gasteiger partial charge in [-0.3, -0.25) is 9.71 Å². The van der Waals surface area contributed by atoms with Gasteiger partial charge in [0.15, 0.2) is 0 Å². The zero-order chi connectivity index (χ0) is 19.7. The van der Waals surface area contributed by atoms with Crippen LogP contribution in [0.2, 0.25) is 0 Å². The van der Waals surface area contributed by atoms with Gasteiger partial charge in [0.05, 0.1) is 41.5 Å². The molecule has 0 radical (unpaired) electrons. The van der Waals surface area contributed by atoms with E-state index in [-0.39, 0.29) is 0 Å². The molecule has 2 heterocycles. The first-order valence-electron chi connectivity index (χ1n) is 8.50. The molecular weight excluding hydrogens is 376 g/mol. The van der Waals surface area contributed by atoms with Crippen LogP contribution in [0.1, 0.15) is 0 Å². The highest BCUT2D eigenvalue weighted by Gasteiger charge is 2.13. The number of nitrogens with zero attached hydrogens (tertiary/aromatic N) is 2. The van der Waals surface area contributed by atoms with Crippen LogP contribution in [-0.2, 0) is 10.0 Å². The van der Waals surface area contributed by atoms with Crippen molar-refractivity contribution in [2.75, 3.05) is 23.4 Å². The predicted molar refractivity (Wildman–Crippen MR) is 112 cm³/mol. The van der Waals surface area contributed by atoms with Crippen LogP contribution in [0.3, 0.4) is 0 Å². The standard InChI is InChI=1S/C20H18N4O3S/c1-27-19-11-13(24-28(2,25)26)7-8-18(19)23-20-14-5-3-4-6-16(14)22-17-9-10-21-12-15(17)20/h3-12,24H,1-2H3,(H,22,23). The Morgan fingerprint density at radius 1 is 1.00 bits per heavy atom. The number of rotatable bonds is 5. The third-order valence-electron chi connectivity index (χ3n) is 4.25. The maximum Gasteiger partial charge on any atom is 0.229 e. The normalized spacial score (nSPS) is 11.5. The molecule has 0 atom stereocenters. The fourth-order valence-corrected chi connectivity index (χ4v) is 3.63. The molecule has 2 aromatic heterocycles. The zero-order valence-electron chi connectivity index (χ0n) is 15.3. The van der Waals surface area contributed by atoms with Gasteiger partial charge in [-0.1, -0.05) is 18.2 Å². The Hall–Kier alpha value is -3.39. The number of methoxy groups -OCH3 is 1. The number of para-hydroxylation sites is 1. The van der Waals surface area contributed by atoms with Crippen molar-refractivity contribution in [1.82, 2.24) is 9.97 Å². The minimum Gasteiger partial charge on any atom is -0.494 e. The lowest BCUT2D eigenvalue weighted by Gasteiger charge is -2.16. The molecule has 0 saturated heterocycles. The van der Waals surface area contributed by atoms with E-state index in [1.807, 2.05) is 30.3 Å². The topological polar surface area (TPSA) is 93.2 Å². The van der Waals surface area contributed by atoms with Crippen molar-refractivity contribution in [1.29, 1.82) is 0 Å². The van der Waals surface area contributed by atoms with Crippen molar-refractivity contribution in [3.05, 3.63) is 60.9 Å². The van der Waals surface area contributed by atoms with Crippen LogP contribution in [0.25, 0.3) is 21.8 Å². The van der Waals surface area contributed by atoms with Gasteiger partial charge in [-0.05, 0) is 24.3 Å². The number of benzene rings is 2. The third-order valence-corrected chi connectivity index (χ3v) is 4.85. The quantitative estimate of drug-likeness (QED) is 0.499. The average molecular weight is 394 g/mol. The van der Waals surface area contributed by atoms with E-state index in [1.165, 1.54) is 7.11 Å². The van der Waals surface area contributed by atoms with Crippen molar-refractivity contribution in [3.8, 4) is 5.75 Å². The number of hydrogen-bond donors (Lipinski definition) is 2. The van der Waals surface area contributed by atoms with E-state index >= 15 is 0 Å². The predicted octanol–water partition coefficient (Wildman–Crippen LogP) is 3.91. The number of anilines is 3. The van der Waals surface area contributed by atoms with Crippen LogP contribution in [-0.4, -0.2) is 31.8 Å². The first kappa shape index (κ1) is 18.0. The molecule has 0 amide bonds. The summed E-state index contributed by atoms with van der Waals surface area (Å²) in [5, 5.41) is 5.24. The molecule has 4 rings (SSSR count). The minimum atomic E-state index is -3.37. The van der Waals surface area contributed by atoms with Crippen molar-refractivity contribution in [2.24, 2.45) is 0 Å². The molecule has 4 aromatic rings. The average Bonchev–Trinajstić information content (AvgIpc) is 2.67. The van der Waals surface area contributed by atoms with E-state index in [1.54, 1.807) is 30.6 Å². The van der Waals surface area contributed by atoms with Crippen LogP contribution < -0.4 is 14.8 Å². The second-order valence-electron chi connectivity index (χ2n) is 6.31. The van der Waals surface area contributed by atoms with Crippen LogP contribution in [0.4, 0.5) is 17.1 Å². The molecule has 0 aliphatic heterocycles. The molecule has 0 bridgehead atoms. The number of ether oxygens (including phenoxy) is 1. The fourth-order valence-electron chi connectivity index (χ4n) is 3.08. The maximum absolute atomic E-state index is 11.5. The molecule has 7 nitrogen and oxygen atoms in total. The van der Waals surface area contributed by atoms with Crippen LogP contribution in [0, 0.1) is 0 Å². The second-order valence-corrected chi connectivity index (χ2v) is 8.06. The van der Waals surface area contributed by atoms with Gasteiger partial charge in [0.2, 0.25) is 10.0 Å². The van der Waals surface area contributed by atoms with E-state index in [2.05, 4.69) is 20.0 Å². The Bertz CT molecular complexity index is 1240. The Morgan fingerprint density at radius 2 is 1.79 bits per heavy atom. The van der Waals surface area contributed by atoms with Gasteiger partial charge >= 0.3 is 0 Å². The lowest BCUT2D eigenvalue weighted by Crippen LogP contribution is -2.09. The van der Waals surface area contributed by atoms with E-state index in [4.69, 9.17) is 4.74 Å². The molecule has 0 saturated carbocycles. The van der Waals surface area contributed by atoms with Crippen molar-refractivity contribution in [3.63, 3.8) is 0 Å². The fraction of sp³-hybridized carbons (Fsp3) is 0.100. The highest BCUT2D eigenvalue weighted by Crippen LogP contribution is 2.36. The Kier molecular flexibility index (Phi) is 4.48. The molecule has 0 fully saturated rings. The van der Waals surface area contributed by atoms with Gasteiger partial charge in [-0.15, -0.1) is 0 Å². The van der Waals surface area contributed by atoms with E-state index in [9.17, 15) is 8.42 Å². The first-order valence-corrected chi connectivity index (χ1v) is 10.4. The second kappa shape index (κ2) is 6.97. The van der Waals surface area contributed by atoms with Gasteiger partial charge < -0.3 is 10.1 Å². The van der Waals surface area contributed by atoms with E-state index in [0.29, 0.717) is 17.1 Å². The Balaban J connectivity index is 1.85. The van der Waals surface area contributed by atoms with Crippen molar-refractivity contribution >= 4 is 48.9 Å². The summed E-state index contributed by atoms with van der Waals surface area (Å²) in [5.41, 5.74) is 3.67. The van der Waals surface area contributed by atoms with Crippen LogP contribution >= 0.6 is 0 Å². The minimum absolute atomic E-state index is 0.427. The highest BCUT2D eigenvalue weighted by atomic mass is 32.2. The summed E-state index contributed by atoms with van der Waals surface area (Å²) in [6, 6.07) is 14.8. The number of sulfonamides is 1. The molecule has 0 aliphatic carbocycles. The van der Waals surface area contributed by atoms with Gasteiger partial charge in [0, 0.05) is 29.2 Å². The highest BCUT2D eigenvalue weighted by molar-refractivity contribution is 7.92. The van der Waals surface area contributed by atoms with E-state index in [0.717, 1.165) is 33.7 Å². The zero-order valence-corrected chi connectivity index (χ0v) is 16.1. The molecule has 2 aromatic carbocycles. The molecule has 2 N–H and O–H groups in total. The summed E-state index contributed by atoms with van der Waals surface area (Å²) in [7, 11) is -1.84. The summed E-state index contributed by atoms with van der Waals surface area (Å²) in [5.74, 6) is 0.506. The van der Waals surface area contributed by atoms with Gasteiger partial charge in [0.1, 0.15) is 5.75 Å². The lowest BCUT2D eigenvalue weighted by atomic mass is 10.1. The molecule has 0 aliphatic rings. The lowest BCUT2D eigenvalue weighted by molar-refractivity contribution is 0.417. The van der Waals surface area contributed by atoms with Gasteiger partial charge in [-0.25, -0.2) is 13.4 Å². The number of pyridine rings is 2. The number of nitrogens with one attached hydrogen (secondary N) is 2. The summed E-state index contributed by atoms with van der Waals surface area (Å²) in [6.45, 7) is 0. The largest absolute Gasteiger partial charge is 0.494 e. The summed E-state index contributed by atoms with van der Waals surface area (Å²) >= 11 is 0. The molecule has 142 valence electrons.